The number of aromatic nitrogens is 2. The Hall–Kier alpha value is -2.71. The van der Waals surface area contributed by atoms with Crippen LogP contribution in [0.15, 0.2) is 54.6 Å². The van der Waals surface area contributed by atoms with E-state index >= 15 is 0 Å². The monoisotopic (exact) mass is 479 g/mol. The molecule has 1 aromatic heterocycles. The molecule has 0 bridgehead atoms. The third-order valence-electron chi connectivity index (χ3n) is 6.22. The molecule has 2 aromatic carbocycles. The van der Waals surface area contributed by atoms with Gasteiger partial charge in [-0.3, -0.25) is 4.90 Å². The van der Waals surface area contributed by atoms with E-state index in [0.717, 1.165) is 48.6 Å². The van der Waals surface area contributed by atoms with Crippen molar-refractivity contribution < 1.29 is 19.3 Å². The van der Waals surface area contributed by atoms with Crippen LogP contribution in [0.5, 0.6) is 11.6 Å². The van der Waals surface area contributed by atoms with Crippen molar-refractivity contribution in [2.24, 2.45) is 7.05 Å². The minimum absolute atomic E-state index is 0.160. The Labute approximate surface area is 208 Å². The maximum atomic E-state index is 10.7. The largest absolute Gasteiger partial charge is 0.439 e. The number of aryl methyl sites for hydroxylation is 2. The van der Waals surface area contributed by atoms with Gasteiger partial charge in [-0.05, 0) is 38.8 Å². The number of benzene rings is 2. The molecule has 4 rings (SSSR count). The zero-order valence-corrected chi connectivity index (χ0v) is 21.0. The molecular formula is C28H37N3O4. The Balaban J connectivity index is 1.66. The molecule has 0 amide bonds. The average Bonchev–Trinajstić information content (AvgIpc) is 3.48. The summed E-state index contributed by atoms with van der Waals surface area (Å²) in [5, 5.41) is 15.5. The highest BCUT2D eigenvalue weighted by molar-refractivity contribution is 5.65. The summed E-state index contributed by atoms with van der Waals surface area (Å²) in [5.41, 5.74) is 4.08. The predicted octanol–water partition coefficient (Wildman–Crippen LogP) is 4.57. The van der Waals surface area contributed by atoms with Crippen LogP contribution < -0.4 is 4.74 Å². The molecule has 1 aliphatic rings. The van der Waals surface area contributed by atoms with Crippen molar-refractivity contribution in [1.82, 2.24) is 14.7 Å². The average molecular weight is 480 g/mol. The minimum Gasteiger partial charge on any atom is -0.439 e. The highest BCUT2D eigenvalue weighted by atomic mass is 16.5. The standard InChI is InChI=1S/C28H37N3O4/c1-4-33-20-23(32)17-31(18-25-11-8-16-34-25)19-26-27(22-9-6-5-7-10-22)29-30(3)28(26)35-24-14-12-21(2)13-15-24/h5-7,9-10,12-15,23,25,32H,4,8,11,16-20H2,1-3H3. The molecule has 2 atom stereocenters. The van der Waals surface area contributed by atoms with Gasteiger partial charge in [0.15, 0.2) is 0 Å². The third-order valence-corrected chi connectivity index (χ3v) is 6.22. The van der Waals surface area contributed by atoms with Gasteiger partial charge in [-0.15, -0.1) is 0 Å². The summed E-state index contributed by atoms with van der Waals surface area (Å²) in [6.45, 7) is 7.47. The van der Waals surface area contributed by atoms with Crippen molar-refractivity contribution in [3.63, 3.8) is 0 Å². The summed E-state index contributed by atoms with van der Waals surface area (Å²) >= 11 is 0. The van der Waals surface area contributed by atoms with Gasteiger partial charge in [0.2, 0.25) is 5.88 Å². The fourth-order valence-corrected chi connectivity index (χ4v) is 4.48. The maximum absolute atomic E-state index is 10.7. The maximum Gasteiger partial charge on any atom is 0.222 e. The van der Waals surface area contributed by atoms with Gasteiger partial charge in [0.05, 0.1) is 24.4 Å². The highest BCUT2D eigenvalue weighted by Gasteiger charge is 2.26. The van der Waals surface area contributed by atoms with Gasteiger partial charge in [-0.25, -0.2) is 4.68 Å². The summed E-state index contributed by atoms with van der Waals surface area (Å²) < 4.78 is 19.6. The van der Waals surface area contributed by atoms with Gasteiger partial charge >= 0.3 is 0 Å². The molecule has 0 spiro atoms. The first kappa shape index (κ1) is 25.4. The van der Waals surface area contributed by atoms with E-state index in [1.165, 1.54) is 5.56 Å². The van der Waals surface area contributed by atoms with Crippen LogP contribution in [0.1, 0.15) is 30.9 Å². The topological polar surface area (TPSA) is 69.0 Å². The lowest BCUT2D eigenvalue weighted by Crippen LogP contribution is -2.39. The number of aliphatic hydroxyl groups is 1. The second kappa shape index (κ2) is 12.3. The molecule has 1 fully saturated rings. The van der Waals surface area contributed by atoms with Gasteiger partial charge in [-0.1, -0.05) is 48.0 Å². The fraction of sp³-hybridized carbons (Fsp3) is 0.464. The second-order valence-electron chi connectivity index (χ2n) is 9.18. The molecule has 0 aliphatic carbocycles. The van der Waals surface area contributed by atoms with E-state index in [2.05, 4.69) is 24.0 Å². The zero-order chi connectivity index (χ0) is 24.6. The first-order chi connectivity index (χ1) is 17.0. The Morgan fingerprint density at radius 2 is 1.94 bits per heavy atom. The number of hydrogen-bond acceptors (Lipinski definition) is 6. The number of aliphatic hydroxyl groups excluding tert-OH is 1. The summed E-state index contributed by atoms with van der Waals surface area (Å²) in [4.78, 5) is 2.24. The molecule has 1 aliphatic heterocycles. The number of ether oxygens (including phenoxy) is 3. The molecule has 7 nitrogen and oxygen atoms in total. The predicted molar refractivity (Wildman–Crippen MR) is 137 cm³/mol. The van der Waals surface area contributed by atoms with Crippen LogP contribution in [0.2, 0.25) is 0 Å². The lowest BCUT2D eigenvalue weighted by Gasteiger charge is -2.27. The molecule has 7 heteroatoms. The number of rotatable bonds is 12. The van der Waals surface area contributed by atoms with Crippen LogP contribution >= 0.6 is 0 Å². The quantitative estimate of drug-likeness (QED) is 0.411. The van der Waals surface area contributed by atoms with E-state index in [-0.39, 0.29) is 6.10 Å². The third kappa shape index (κ3) is 6.92. The Bertz CT molecular complexity index is 1050. The van der Waals surface area contributed by atoms with Crippen LogP contribution in [0.3, 0.4) is 0 Å². The van der Waals surface area contributed by atoms with Gasteiger partial charge in [0.1, 0.15) is 11.4 Å². The Morgan fingerprint density at radius 3 is 2.63 bits per heavy atom. The van der Waals surface area contributed by atoms with Gasteiger partial charge in [-0.2, -0.15) is 5.10 Å². The van der Waals surface area contributed by atoms with Crippen LogP contribution in [-0.2, 0) is 23.1 Å². The van der Waals surface area contributed by atoms with Crippen LogP contribution in [-0.4, -0.2) is 64.9 Å². The van der Waals surface area contributed by atoms with Crippen molar-refractivity contribution in [2.75, 3.05) is 32.9 Å². The van der Waals surface area contributed by atoms with E-state index in [9.17, 15) is 5.11 Å². The van der Waals surface area contributed by atoms with Gasteiger partial charge < -0.3 is 19.3 Å². The lowest BCUT2D eigenvalue weighted by atomic mass is 10.1. The van der Waals surface area contributed by atoms with Crippen LogP contribution in [0, 0.1) is 6.92 Å². The molecular weight excluding hydrogens is 442 g/mol. The highest BCUT2D eigenvalue weighted by Crippen LogP contribution is 2.34. The Kier molecular flexibility index (Phi) is 8.93. The Morgan fingerprint density at radius 1 is 1.17 bits per heavy atom. The van der Waals surface area contributed by atoms with Crippen molar-refractivity contribution in [3.05, 3.63) is 65.7 Å². The first-order valence-corrected chi connectivity index (χ1v) is 12.5. The van der Waals surface area contributed by atoms with E-state index < -0.39 is 6.10 Å². The number of hydrogen-bond donors (Lipinski definition) is 1. The molecule has 35 heavy (non-hydrogen) atoms. The first-order valence-electron chi connectivity index (χ1n) is 12.5. The van der Waals surface area contributed by atoms with E-state index in [4.69, 9.17) is 19.3 Å². The molecule has 1 N–H and O–H groups in total. The van der Waals surface area contributed by atoms with E-state index in [1.54, 1.807) is 4.68 Å². The number of nitrogens with zero attached hydrogens (tertiary/aromatic N) is 3. The second-order valence-corrected chi connectivity index (χ2v) is 9.18. The van der Waals surface area contributed by atoms with Gasteiger partial charge in [0.25, 0.3) is 0 Å². The van der Waals surface area contributed by atoms with Crippen LogP contribution in [0.25, 0.3) is 11.3 Å². The van der Waals surface area contributed by atoms with E-state index in [1.807, 2.05) is 56.4 Å². The molecule has 188 valence electrons. The summed E-state index contributed by atoms with van der Waals surface area (Å²) in [6.07, 6.45) is 1.68. The molecule has 0 radical (unpaired) electrons. The molecule has 1 saturated heterocycles. The van der Waals surface area contributed by atoms with Crippen molar-refractivity contribution in [1.29, 1.82) is 0 Å². The van der Waals surface area contributed by atoms with E-state index in [0.29, 0.717) is 32.2 Å². The SMILES string of the molecule is CCOCC(O)CN(Cc1c(-c2ccccc2)nn(C)c1Oc1ccc(C)cc1)CC1CCCO1. The molecule has 3 aromatic rings. The summed E-state index contributed by atoms with van der Waals surface area (Å²) in [6, 6.07) is 18.2. The fourth-order valence-electron chi connectivity index (χ4n) is 4.48. The van der Waals surface area contributed by atoms with Crippen LogP contribution in [0.4, 0.5) is 0 Å². The summed E-state index contributed by atoms with van der Waals surface area (Å²) in [7, 11) is 1.91. The zero-order valence-electron chi connectivity index (χ0n) is 21.0. The van der Waals surface area contributed by atoms with Gasteiger partial charge in [0, 0.05) is 45.5 Å². The summed E-state index contributed by atoms with van der Waals surface area (Å²) in [5.74, 6) is 1.46. The normalized spacial score (nSPS) is 16.7. The lowest BCUT2D eigenvalue weighted by molar-refractivity contribution is 0.00505. The van der Waals surface area contributed by atoms with Crippen molar-refractivity contribution >= 4 is 0 Å². The smallest absolute Gasteiger partial charge is 0.222 e. The molecule has 2 unspecified atom stereocenters. The van der Waals surface area contributed by atoms with Crippen molar-refractivity contribution in [3.8, 4) is 22.9 Å². The molecule has 2 heterocycles. The molecule has 0 saturated carbocycles. The minimum atomic E-state index is -0.588. The van der Waals surface area contributed by atoms with Crippen molar-refractivity contribution in [2.45, 2.75) is 45.4 Å².